The Kier molecular flexibility index (Phi) is 5.80. The number of hydrogen-bond acceptors (Lipinski definition) is 4. The van der Waals surface area contributed by atoms with Crippen LogP contribution in [0.2, 0.25) is 0 Å². The molecule has 4 nitrogen and oxygen atoms in total. The summed E-state index contributed by atoms with van der Waals surface area (Å²) in [5.74, 6) is -0.258. The lowest BCUT2D eigenvalue weighted by molar-refractivity contribution is -0.122. The first-order chi connectivity index (χ1) is 12.1. The second-order valence-electron chi connectivity index (χ2n) is 5.55. The van der Waals surface area contributed by atoms with Gasteiger partial charge in [0.1, 0.15) is 0 Å². The van der Waals surface area contributed by atoms with Gasteiger partial charge in [-0.2, -0.15) is 0 Å². The van der Waals surface area contributed by atoms with E-state index in [4.69, 9.17) is 0 Å². The van der Waals surface area contributed by atoms with Crippen molar-refractivity contribution in [2.45, 2.75) is 13.3 Å². The van der Waals surface area contributed by atoms with E-state index in [0.717, 1.165) is 33.0 Å². The van der Waals surface area contributed by atoms with E-state index in [1.807, 2.05) is 48.5 Å². The molecule has 0 aromatic heterocycles. The molecule has 3 rings (SSSR count). The summed E-state index contributed by atoms with van der Waals surface area (Å²) in [5.41, 5.74) is 3.05. The number of nitrogens with zero attached hydrogens (tertiary/aromatic N) is 1. The summed E-state index contributed by atoms with van der Waals surface area (Å²) in [5, 5.41) is 2.88. The molecular weight excluding hydrogens is 447 g/mol. The first-order valence-electron chi connectivity index (χ1n) is 7.90. The number of carbonyl (C=O) groups excluding carboxylic acids is 2. The number of amides is 2. The van der Waals surface area contributed by atoms with Gasteiger partial charge in [-0.25, -0.2) is 0 Å². The van der Waals surface area contributed by atoms with Crippen LogP contribution in [0.1, 0.15) is 18.1 Å². The summed E-state index contributed by atoms with van der Waals surface area (Å²) in [6.07, 6.45) is 2.74. The number of carbonyl (C=O) groups is 2. The predicted molar refractivity (Wildman–Crippen MR) is 111 cm³/mol. The first kappa shape index (κ1) is 18.0. The van der Waals surface area contributed by atoms with Crippen molar-refractivity contribution < 1.29 is 9.59 Å². The van der Waals surface area contributed by atoms with Crippen molar-refractivity contribution in [3.05, 3.63) is 68.1 Å². The summed E-state index contributed by atoms with van der Waals surface area (Å²) in [6, 6.07) is 15.8. The van der Waals surface area contributed by atoms with Gasteiger partial charge in [-0.1, -0.05) is 31.2 Å². The van der Waals surface area contributed by atoms with Crippen molar-refractivity contribution in [3.8, 4) is 0 Å². The van der Waals surface area contributed by atoms with Gasteiger partial charge in [0.2, 0.25) is 0 Å². The molecule has 25 heavy (non-hydrogen) atoms. The Morgan fingerprint density at radius 2 is 1.76 bits per heavy atom. The molecule has 6 heteroatoms. The third-order valence-electron chi connectivity index (χ3n) is 3.84. The average Bonchev–Trinajstić information content (AvgIpc) is 2.89. The molecule has 1 N–H and O–H groups in total. The van der Waals surface area contributed by atoms with Crippen molar-refractivity contribution in [1.29, 1.82) is 0 Å². The summed E-state index contributed by atoms with van der Waals surface area (Å²) in [4.78, 5) is 26.3. The number of halogens is 1. The fourth-order valence-electron chi connectivity index (χ4n) is 2.38. The summed E-state index contributed by atoms with van der Waals surface area (Å²) < 4.78 is 1.13. The number of benzene rings is 2. The maximum Gasteiger partial charge on any atom is 0.295 e. The van der Waals surface area contributed by atoms with Crippen LogP contribution in [0.5, 0.6) is 0 Å². The van der Waals surface area contributed by atoms with Crippen LogP contribution in [0.15, 0.2) is 53.4 Å². The van der Waals surface area contributed by atoms with E-state index in [2.05, 4.69) is 34.8 Å². The first-order valence-corrected chi connectivity index (χ1v) is 9.80. The van der Waals surface area contributed by atoms with Crippen molar-refractivity contribution in [2.75, 3.05) is 12.0 Å². The number of anilines is 1. The second kappa shape index (κ2) is 8.05. The fourth-order valence-corrected chi connectivity index (χ4v) is 3.57. The van der Waals surface area contributed by atoms with E-state index in [1.54, 1.807) is 6.08 Å². The summed E-state index contributed by atoms with van der Waals surface area (Å²) in [7, 11) is 0. The molecule has 1 heterocycles. The topological polar surface area (TPSA) is 49.4 Å². The van der Waals surface area contributed by atoms with E-state index in [9.17, 15) is 9.59 Å². The molecule has 1 aliphatic heterocycles. The summed E-state index contributed by atoms with van der Waals surface area (Å²) in [6.45, 7) is 2.27. The van der Waals surface area contributed by atoms with Gasteiger partial charge in [0.25, 0.3) is 11.1 Å². The third kappa shape index (κ3) is 4.43. The van der Waals surface area contributed by atoms with E-state index in [-0.39, 0.29) is 17.8 Å². The number of rotatable bonds is 5. The lowest BCUT2D eigenvalue weighted by Gasteiger charge is -2.14. The smallest absolute Gasteiger partial charge is 0.295 e. The van der Waals surface area contributed by atoms with Crippen LogP contribution in [0.25, 0.3) is 6.08 Å². The van der Waals surface area contributed by atoms with Gasteiger partial charge in [0, 0.05) is 9.26 Å². The van der Waals surface area contributed by atoms with Crippen molar-refractivity contribution >= 4 is 57.3 Å². The lowest BCUT2D eigenvalue weighted by atomic mass is 10.1. The highest BCUT2D eigenvalue weighted by atomic mass is 127. The SMILES string of the molecule is CCc1ccc(NCN2C(=O)S/C(=C/c3ccc(I)cc3)C2=O)cc1. The van der Waals surface area contributed by atoms with Crippen LogP contribution in [-0.4, -0.2) is 22.7 Å². The molecule has 1 fully saturated rings. The Morgan fingerprint density at radius 3 is 2.40 bits per heavy atom. The predicted octanol–water partition coefficient (Wildman–Crippen LogP) is 4.96. The highest BCUT2D eigenvalue weighted by Crippen LogP contribution is 2.32. The Bertz CT molecular complexity index is 816. The number of aryl methyl sites for hydroxylation is 1. The van der Waals surface area contributed by atoms with Crippen LogP contribution in [0.3, 0.4) is 0 Å². The number of nitrogens with one attached hydrogen (secondary N) is 1. The maximum atomic E-state index is 12.5. The Labute approximate surface area is 164 Å². The molecule has 1 aliphatic rings. The molecule has 0 bridgehead atoms. The molecule has 0 aliphatic carbocycles. The molecule has 0 saturated carbocycles. The largest absolute Gasteiger partial charge is 0.367 e. The van der Waals surface area contributed by atoms with E-state index in [1.165, 1.54) is 10.5 Å². The minimum absolute atomic E-state index is 0.167. The second-order valence-corrected chi connectivity index (χ2v) is 7.79. The van der Waals surface area contributed by atoms with Crippen molar-refractivity contribution in [2.24, 2.45) is 0 Å². The van der Waals surface area contributed by atoms with Crippen LogP contribution < -0.4 is 5.32 Å². The van der Waals surface area contributed by atoms with Gasteiger partial charge in [-0.3, -0.25) is 14.5 Å². The van der Waals surface area contributed by atoms with Crippen LogP contribution >= 0.6 is 34.4 Å². The Hall–Kier alpha value is -1.80. The molecule has 2 aromatic rings. The number of thioether (sulfide) groups is 1. The zero-order valence-corrected chi connectivity index (χ0v) is 16.6. The van der Waals surface area contributed by atoms with Crippen molar-refractivity contribution in [1.82, 2.24) is 4.90 Å². The van der Waals surface area contributed by atoms with Crippen LogP contribution in [0.4, 0.5) is 10.5 Å². The quantitative estimate of drug-likeness (QED) is 0.502. The molecule has 2 amide bonds. The van der Waals surface area contributed by atoms with Gasteiger partial charge in [-0.15, -0.1) is 0 Å². The number of hydrogen-bond donors (Lipinski definition) is 1. The average molecular weight is 464 g/mol. The van der Waals surface area contributed by atoms with Crippen LogP contribution in [-0.2, 0) is 11.2 Å². The van der Waals surface area contributed by atoms with Crippen molar-refractivity contribution in [3.63, 3.8) is 0 Å². The zero-order chi connectivity index (χ0) is 17.8. The van der Waals surface area contributed by atoms with Crippen LogP contribution in [0, 0.1) is 3.57 Å². The van der Waals surface area contributed by atoms with Gasteiger partial charge in [-0.05, 0) is 82.2 Å². The van der Waals surface area contributed by atoms with Gasteiger partial charge < -0.3 is 5.32 Å². The molecule has 1 saturated heterocycles. The standard InChI is InChI=1S/C19H17IN2O2S/c1-2-13-5-9-16(10-6-13)21-12-22-18(23)17(25-19(22)24)11-14-3-7-15(20)8-4-14/h3-11,21H,2,12H2,1H3/b17-11+. The summed E-state index contributed by atoms with van der Waals surface area (Å²) >= 11 is 3.21. The molecule has 0 atom stereocenters. The molecule has 0 spiro atoms. The van der Waals surface area contributed by atoms with E-state index >= 15 is 0 Å². The van der Waals surface area contributed by atoms with Gasteiger partial charge in [0.15, 0.2) is 0 Å². The molecule has 128 valence electrons. The lowest BCUT2D eigenvalue weighted by Crippen LogP contribution is -2.33. The van der Waals surface area contributed by atoms with Gasteiger partial charge >= 0.3 is 0 Å². The molecule has 2 aromatic carbocycles. The Morgan fingerprint density at radius 1 is 1.08 bits per heavy atom. The normalized spacial score (nSPS) is 15.9. The number of imide groups is 1. The highest BCUT2D eigenvalue weighted by Gasteiger charge is 2.34. The zero-order valence-electron chi connectivity index (χ0n) is 13.7. The van der Waals surface area contributed by atoms with E-state index in [0.29, 0.717) is 4.91 Å². The van der Waals surface area contributed by atoms with E-state index < -0.39 is 0 Å². The maximum absolute atomic E-state index is 12.5. The minimum Gasteiger partial charge on any atom is -0.367 e. The van der Waals surface area contributed by atoms with Gasteiger partial charge in [0.05, 0.1) is 11.6 Å². The molecule has 0 unspecified atom stereocenters. The molecule has 0 radical (unpaired) electrons. The monoisotopic (exact) mass is 464 g/mol. The molecular formula is C19H17IN2O2S. The third-order valence-corrected chi connectivity index (χ3v) is 5.47. The minimum atomic E-state index is -0.258. The Balaban J connectivity index is 1.67. The highest BCUT2D eigenvalue weighted by molar-refractivity contribution is 14.1. The fraction of sp³-hybridized carbons (Fsp3) is 0.158.